The van der Waals surface area contributed by atoms with Crippen LogP contribution in [0.4, 0.5) is 5.82 Å². The largest absolute Gasteiger partial charge is 0.486 e. The lowest BCUT2D eigenvalue weighted by molar-refractivity contribution is 0.172. The Bertz CT molecular complexity index is 616. The van der Waals surface area contributed by atoms with Gasteiger partial charge in [-0.25, -0.2) is 4.98 Å². The van der Waals surface area contributed by atoms with Gasteiger partial charge in [0.25, 0.3) is 0 Å². The third-order valence-corrected chi connectivity index (χ3v) is 3.50. The molecule has 0 fully saturated rings. The molecule has 1 aromatic carbocycles. The van der Waals surface area contributed by atoms with E-state index < -0.39 is 0 Å². The van der Waals surface area contributed by atoms with Gasteiger partial charge in [-0.2, -0.15) is 0 Å². The summed E-state index contributed by atoms with van der Waals surface area (Å²) in [5.41, 5.74) is 0. The second-order valence-electron chi connectivity index (χ2n) is 5.01. The maximum atomic E-state index is 5.65. The number of hydrogen-bond donors (Lipinski definition) is 2. The molecule has 5 nitrogen and oxygen atoms in total. The Morgan fingerprint density at radius 1 is 1.14 bits per heavy atom. The van der Waals surface area contributed by atoms with Crippen LogP contribution >= 0.6 is 0 Å². The number of hydrogen-bond acceptors (Lipinski definition) is 5. The molecule has 112 valence electrons. The summed E-state index contributed by atoms with van der Waals surface area (Å²) in [5.74, 6) is 2.52. The van der Waals surface area contributed by atoms with Crippen molar-refractivity contribution in [3.63, 3.8) is 0 Å². The lowest BCUT2D eigenvalue weighted by atomic mass is 10.1. The number of pyridine rings is 1. The monoisotopic (exact) mass is 287 g/mol. The van der Waals surface area contributed by atoms with Crippen molar-refractivity contribution in [2.24, 2.45) is 0 Å². The molecule has 0 aliphatic carbocycles. The zero-order valence-corrected chi connectivity index (χ0v) is 12.3. The minimum Gasteiger partial charge on any atom is -0.486 e. The number of anilines is 1. The Morgan fingerprint density at radius 3 is 2.76 bits per heavy atom. The number of aromatic nitrogens is 1. The van der Waals surface area contributed by atoms with Crippen LogP contribution in [-0.2, 0) is 0 Å². The van der Waals surface area contributed by atoms with E-state index in [2.05, 4.69) is 22.5 Å². The maximum absolute atomic E-state index is 5.65. The van der Waals surface area contributed by atoms with Gasteiger partial charge in [0.1, 0.15) is 19.0 Å². The fourth-order valence-corrected chi connectivity index (χ4v) is 2.45. The average Bonchev–Trinajstić information content (AvgIpc) is 2.53. The van der Waals surface area contributed by atoms with Gasteiger partial charge in [0, 0.05) is 18.1 Å². The highest BCUT2D eigenvalue weighted by atomic mass is 16.6. The molecular formula is C16H21N3O2. The number of nitrogens with one attached hydrogen (secondary N) is 2. The van der Waals surface area contributed by atoms with Crippen molar-refractivity contribution in [1.82, 2.24) is 10.3 Å². The molecule has 1 aliphatic rings. The number of rotatable bonds is 6. The van der Waals surface area contributed by atoms with Crippen LogP contribution in [-0.4, -0.2) is 37.8 Å². The van der Waals surface area contributed by atoms with Gasteiger partial charge in [0.05, 0.1) is 0 Å². The zero-order valence-electron chi connectivity index (χ0n) is 12.3. The molecule has 3 rings (SSSR count). The quantitative estimate of drug-likeness (QED) is 0.799. The lowest BCUT2D eigenvalue weighted by Crippen LogP contribution is -2.17. The second kappa shape index (κ2) is 6.63. The summed E-state index contributed by atoms with van der Waals surface area (Å²) < 4.78 is 11.3. The van der Waals surface area contributed by atoms with Gasteiger partial charge in [0.2, 0.25) is 0 Å². The molecule has 0 saturated heterocycles. The fourth-order valence-electron chi connectivity index (χ4n) is 2.45. The Hall–Kier alpha value is -2.01. The summed E-state index contributed by atoms with van der Waals surface area (Å²) in [5, 5.41) is 8.91. The first-order valence-corrected chi connectivity index (χ1v) is 7.51. The third kappa shape index (κ3) is 3.19. The number of fused-ring (bicyclic) bond motifs is 2. The smallest absolute Gasteiger partial charge is 0.162 e. The molecule has 0 radical (unpaired) electrons. The standard InChI is InChI=1S/C16H21N3O2/c1-2-17-5-3-6-18-16-13-11-15-14(20-8-9-21-15)10-12(13)4-7-19-16/h4,7,10-11,17H,2-3,5-6,8-9H2,1H3,(H,18,19). The predicted molar refractivity (Wildman–Crippen MR) is 84.4 cm³/mol. The molecule has 0 saturated carbocycles. The van der Waals surface area contributed by atoms with Crippen molar-refractivity contribution >= 4 is 16.6 Å². The van der Waals surface area contributed by atoms with Crippen LogP contribution in [0.25, 0.3) is 10.8 Å². The van der Waals surface area contributed by atoms with Crippen molar-refractivity contribution < 1.29 is 9.47 Å². The van der Waals surface area contributed by atoms with Crippen LogP contribution in [0.2, 0.25) is 0 Å². The fraction of sp³-hybridized carbons (Fsp3) is 0.438. The molecule has 0 spiro atoms. The molecule has 5 heteroatoms. The van der Waals surface area contributed by atoms with E-state index in [0.29, 0.717) is 13.2 Å². The van der Waals surface area contributed by atoms with Crippen LogP contribution in [0.3, 0.4) is 0 Å². The lowest BCUT2D eigenvalue weighted by Gasteiger charge is -2.19. The minimum absolute atomic E-state index is 0.601. The second-order valence-corrected chi connectivity index (χ2v) is 5.01. The van der Waals surface area contributed by atoms with Crippen LogP contribution in [0.1, 0.15) is 13.3 Å². The number of ether oxygens (including phenoxy) is 2. The number of benzene rings is 1. The molecular weight excluding hydrogens is 266 g/mol. The Kier molecular flexibility index (Phi) is 4.40. The van der Waals surface area contributed by atoms with Crippen molar-refractivity contribution in [1.29, 1.82) is 0 Å². The Morgan fingerprint density at radius 2 is 1.95 bits per heavy atom. The molecule has 1 aromatic heterocycles. The first-order chi connectivity index (χ1) is 10.4. The van der Waals surface area contributed by atoms with E-state index in [1.165, 1.54) is 0 Å². The van der Waals surface area contributed by atoms with Crippen molar-refractivity contribution in [3.8, 4) is 11.5 Å². The summed E-state index contributed by atoms with van der Waals surface area (Å²) in [7, 11) is 0. The molecule has 0 unspecified atom stereocenters. The van der Waals surface area contributed by atoms with E-state index in [-0.39, 0.29) is 0 Å². The first kappa shape index (κ1) is 13.9. The highest BCUT2D eigenvalue weighted by Crippen LogP contribution is 2.36. The van der Waals surface area contributed by atoms with E-state index in [0.717, 1.165) is 54.1 Å². The van der Waals surface area contributed by atoms with Crippen LogP contribution < -0.4 is 20.1 Å². The van der Waals surface area contributed by atoms with E-state index in [9.17, 15) is 0 Å². The molecule has 0 atom stereocenters. The predicted octanol–water partition coefficient (Wildman–Crippen LogP) is 2.42. The highest BCUT2D eigenvalue weighted by Gasteiger charge is 2.14. The Balaban J connectivity index is 1.78. The van der Waals surface area contributed by atoms with E-state index in [4.69, 9.17) is 9.47 Å². The van der Waals surface area contributed by atoms with Gasteiger partial charge in [-0.3, -0.25) is 0 Å². The van der Waals surface area contributed by atoms with E-state index in [1.807, 2.05) is 24.4 Å². The molecule has 0 amide bonds. The van der Waals surface area contributed by atoms with Gasteiger partial charge in [-0.05, 0) is 43.1 Å². The van der Waals surface area contributed by atoms with E-state index >= 15 is 0 Å². The Labute approximate surface area is 124 Å². The van der Waals surface area contributed by atoms with Crippen molar-refractivity contribution in [3.05, 3.63) is 24.4 Å². The van der Waals surface area contributed by atoms with Crippen molar-refractivity contribution in [2.45, 2.75) is 13.3 Å². The van der Waals surface area contributed by atoms with Crippen molar-refractivity contribution in [2.75, 3.05) is 38.2 Å². The summed E-state index contributed by atoms with van der Waals surface area (Å²) in [6.07, 6.45) is 2.89. The maximum Gasteiger partial charge on any atom is 0.162 e. The molecule has 0 bridgehead atoms. The zero-order chi connectivity index (χ0) is 14.5. The summed E-state index contributed by atoms with van der Waals surface area (Å²) >= 11 is 0. The first-order valence-electron chi connectivity index (χ1n) is 7.51. The molecule has 21 heavy (non-hydrogen) atoms. The molecule has 2 aromatic rings. The van der Waals surface area contributed by atoms with Gasteiger partial charge in [-0.1, -0.05) is 6.92 Å². The van der Waals surface area contributed by atoms with E-state index in [1.54, 1.807) is 0 Å². The highest BCUT2D eigenvalue weighted by molar-refractivity contribution is 5.94. The molecule has 1 aliphatic heterocycles. The van der Waals surface area contributed by atoms with Crippen LogP contribution in [0.15, 0.2) is 24.4 Å². The summed E-state index contributed by atoms with van der Waals surface area (Å²) in [6, 6.07) is 6.04. The normalized spacial score (nSPS) is 13.4. The number of nitrogens with zero attached hydrogens (tertiary/aromatic N) is 1. The minimum atomic E-state index is 0.601. The van der Waals surface area contributed by atoms with Gasteiger partial charge < -0.3 is 20.1 Å². The van der Waals surface area contributed by atoms with Gasteiger partial charge in [0.15, 0.2) is 11.5 Å². The third-order valence-electron chi connectivity index (χ3n) is 3.50. The van der Waals surface area contributed by atoms with Crippen LogP contribution in [0.5, 0.6) is 11.5 Å². The molecule has 2 heterocycles. The molecule has 2 N–H and O–H groups in total. The summed E-state index contributed by atoms with van der Waals surface area (Å²) in [4.78, 5) is 4.45. The van der Waals surface area contributed by atoms with Gasteiger partial charge in [-0.15, -0.1) is 0 Å². The topological polar surface area (TPSA) is 55.4 Å². The SMILES string of the molecule is CCNCCCNc1nccc2cc3c(cc12)OCCO3. The average molecular weight is 287 g/mol. The van der Waals surface area contributed by atoms with Crippen LogP contribution in [0, 0.1) is 0 Å². The van der Waals surface area contributed by atoms with Gasteiger partial charge >= 0.3 is 0 Å². The summed E-state index contributed by atoms with van der Waals surface area (Å²) in [6.45, 7) is 6.25.